The minimum Gasteiger partial charge on any atom is -0.349 e. The summed E-state index contributed by atoms with van der Waals surface area (Å²) in [5, 5.41) is 8.66. The van der Waals surface area contributed by atoms with Crippen molar-refractivity contribution in [2.24, 2.45) is 5.92 Å². The van der Waals surface area contributed by atoms with Crippen LogP contribution >= 0.6 is 0 Å². The highest BCUT2D eigenvalue weighted by atomic mass is 16.2. The molecule has 3 heterocycles. The molecule has 0 saturated carbocycles. The Bertz CT molecular complexity index is 1290. The Morgan fingerprint density at radius 2 is 1.79 bits per heavy atom. The van der Waals surface area contributed by atoms with Crippen LogP contribution in [0.5, 0.6) is 0 Å². The maximum atomic E-state index is 13.7. The van der Waals surface area contributed by atoms with Gasteiger partial charge in [0.15, 0.2) is 0 Å². The molecule has 0 radical (unpaired) electrons. The van der Waals surface area contributed by atoms with E-state index in [0.717, 1.165) is 5.56 Å². The second-order valence-electron chi connectivity index (χ2n) is 11.5. The lowest BCUT2D eigenvalue weighted by Gasteiger charge is -2.31. The molecule has 4 atom stereocenters. The first kappa shape index (κ1) is 30.7. The highest BCUT2D eigenvalue weighted by molar-refractivity contribution is 5.95. The fraction of sp³-hybridized carbons (Fsp3) is 0.533. The van der Waals surface area contributed by atoms with Crippen LogP contribution in [0.15, 0.2) is 42.7 Å². The number of carbonyl (C=O) groups excluding carboxylic acids is 5. The Kier molecular flexibility index (Phi) is 9.97. The average molecular weight is 580 g/mol. The first-order valence-corrected chi connectivity index (χ1v) is 14.5. The Balaban J connectivity index is 1.68. The summed E-state index contributed by atoms with van der Waals surface area (Å²) < 4.78 is 1.69. The minimum atomic E-state index is -0.898. The summed E-state index contributed by atoms with van der Waals surface area (Å²) in [7, 11) is 0. The van der Waals surface area contributed by atoms with Crippen molar-refractivity contribution in [3.8, 4) is 0 Å². The molecular weight excluding hydrogens is 538 g/mol. The molecule has 0 aliphatic carbocycles. The van der Waals surface area contributed by atoms with Gasteiger partial charge in [0.05, 0.1) is 12.6 Å². The second kappa shape index (κ2) is 13.6. The molecule has 2 aliphatic rings. The highest BCUT2D eigenvalue weighted by Gasteiger charge is 2.39. The van der Waals surface area contributed by atoms with Crippen LogP contribution in [-0.2, 0) is 36.9 Å². The molecule has 1 aromatic carbocycles. The van der Waals surface area contributed by atoms with Crippen molar-refractivity contribution in [3.05, 3.63) is 54.1 Å². The fourth-order valence-corrected chi connectivity index (χ4v) is 5.55. The lowest BCUT2D eigenvalue weighted by molar-refractivity contribution is -0.142. The van der Waals surface area contributed by atoms with E-state index in [4.69, 9.17) is 0 Å². The number of aryl methyl sites for hydroxylation is 1. The molecule has 2 saturated heterocycles. The van der Waals surface area contributed by atoms with Crippen molar-refractivity contribution >= 4 is 29.5 Å². The molecular formula is C30H41N7O5. The number of nitrogens with one attached hydrogen (secondary N) is 3. The Morgan fingerprint density at radius 1 is 1.05 bits per heavy atom. The normalized spacial score (nSPS) is 24.4. The van der Waals surface area contributed by atoms with Crippen LogP contribution in [0.4, 0.5) is 0 Å². The standard InChI is InChI=1S/C30H41N7O5/c1-19(2)27-29(41)33-23(15-22-9-6-5-7-10-22)16-36(26(39)18-35-14-12-31-21(35)4)17-25(38)32-20(3)30(42)37-13-8-11-24(37)28(40)34-27/h5-7,9-10,12,14,19-20,23-24,27H,8,11,13,15-18H2,1-4H3,(H,32,38)(H,33,41)(H,34,40)/t20-,23-,24+,27-/m0/s1. The summed E-state index contributed by atoms with van der Waals surface area (Å²) in [5.74, 6) is -1.60. The summed E-state index contributed by atoms with van der Waals surface area (Å²) in [6, 6.07) is 6.50. The highest BCUT2D eigenvalue weighted by Crippen LogP contribution is 2.20. The number of nitrogens with zero attached hydrogens (tertiary/aromatic N) is 4. The van der Waals surface area contributed by atoms with E-state index < -0.39 is 36.0 Å². The van der Waals surface area contributed by atoms with Gasteiger partial charge >= 0.3 is 0 Å². The molecule has 2 fully saturated rings. The third kappa shape index (κ3) is 7.54. The molecule has 3 N–H and O–H groups in total. The smallest absolute Gasteiger partial charge is 0.245 e. The first-order valence-electron chi connectivity index (χ1n) is 14.5. The molecule has 2 aliphatic heterocycles. The van der Waals surface area contributed by atoms with Gasteiger partial charge in [-0.2, -0.15) is 0 Å². The molecule has 2 aromatic rings. The van der Waals surface area contributed by atoms with E-state index in [-0.39, 0.29) is 43.3 Å². The van der Waals surface area contributed by atoms with E-state index in [9.17, 15) is 24.0 Å². The van der Waals surface area contributed by atoms with Gasteiger partial charge in [-0.05, 0) is 44.6 Å². The van der Waals surface area contributed by atoms with Crippen molar-refractivity contribution in [3.63, 3.8) is 0 Å². The SMILES string of the molecule is Cc1nccn1CC(=O)N1CC(=O)N[C@@H](C)C(=O)N2CCC[C@@H]2C(=O)N[C@@H](C(C)C)C(=O)N[C@@H](Cc2ccccc2)C1. The van der Waals surface area contributed by atoms with E-state index in [1.807, 2.05) is 44.2 Å². The number of benzene rings is 1. The third-order valence-electron chi connectivity index (χ3n) is 7.86. The van der Waals surface area contributed by atoms with E-state index in [0.29, 0.717) is 31.6 Å². The van der Waals surface area contributed by atoms with E-state index in [2.05, 4.69) is 20.9 Å². The minimum absolute atomic E-state index is 0.0382. The van der Waals surface area contributed by atoms with Gasteiger partial charge in [-0.1, -0.05) is 44.2 Å². The maximum Gasteiger partial charge on any atom is 0.245 e. The summed E-state index contributed by atoms with van der Waals surface area (Å²) in [6.45, 7) is 7.11. The zero-order valence-electron chi connectivity index (χ0n) is 24.7. The number of fused-ring (bicyclic) bond motifs is 1. The quantitative estimate of drug-likeness (QED) is 0.468. The number of carbonyl (C=O) groups is 5. The van der Waals surface area contributed by atoms with Crippen LogP contribution in [0.1, 0.15) is 45.0 Å². The predicted octanol–water partition coefficient (Wildman–Crippen LogP) is 0.398. The van der Waals surface area contributed by atoms with Crippen LogP contribution < -0.4 is 16.0 Å². The molecule has 0 spiro atoms. The van der Waals surface area contributed by atoms with Crippen LogP contribution in [-0.4, -0.2) is 92.7 Å². The number of rotatable bonds is 5. The average Bonchev–Trinajstić information content (AvgIpc) is 3.59. The van der Waals surface area contributed by atoms with Crippen LogP contribution in [0, 0.1) is 12.8 Å². The first-order chi connectivity index (χ1) is 20.0. The molecule has 4 rings (SSSR count). The summed E-state index contributed by atoms with van der Waals surface area (Å²) >= 11 is 0. The topological polar surface area (TPSA) is 146 Å². The van der Waals surface area contributed by atoms with Crippen molar-refractivity contribution < 1.29 is 24.0 Å². The van der Waals surface area contributed by atoms with Crippen LogP contribution in [0.3, 0.4) is 0 Å². The van der Waals surface area contributed by atoms with E-state index >= 15 is 0 Å². The van der Waals surface area contributed by atoms with Gasteiger partial charge in [0, 0.05) is 25.5 Å². The van der Waals surface area contributed by atoms with Crippen molar-refractivity contribution in [1.29, 1.82) is 0 Å². The number of hydrogen-bond acceptors (Lipinski definition) is 6. The number of hydrogen-bond donors (Lipinski definition) is 3. The number of aromatic nitrogens is 2. The van der Waals surface area contributed by atoms with Gasteiger partial charge < -0.3 is 30.3 Å². The van der Waals surface area contributed by atoms with Gasteiger partial charge in [-0.15, -0.1) is 0 Å². The zero-order chi connectivity index (χ0) is 30.4. The summed E-state index contributed by atoms with van der Waals surface area (Å²) in [4.78, 5) is 74.3. The van der Waals surface area contributed by atoms with Crippen LogP contribution in [0.25, 0.3) is 0 Å². The molecule has 5 amide bonds. The maximum absolute atomic E-state index is 13.7. The van der Waals surface area contributed by atoms with Crippen molar-refractivity contribution in [1.82, 2.24) is 35.3 Å². The van der Waals surface area contributed by atoms with Gasteiger partial charge in [0.2, 0.25) is 29.5 Å². The zero-order valence-corrected chi connectivity index (χ0v) is 24.7. The van der Waals surface area contributed by atoms with Crippen LogP contribution in [0.2, 0.25) is 0 Å². The lowest BCUT2D eigenvalue weighted by Crippen LogP contribution is -2.58. The number of amides is 5. The van der Waals surface area contributed by atoms with Gasteiger partial charge in [-0.25, -0.2) is 4.98 Å². The second-order valence-corrected chi connectivity index (χ2v) is 11.5. The van der Waals surface area contributed by atoms with Gasteiger partial charge in [0.25, 0.3) is 0 Å². The van der Waals surface area contributed by atoms with Gasteiger partial charge in [0.1, 0.15) is 30.5 Å². The fourth-order valence-electron chi connectivity index (χ4n) is 5.55. The van der Waals surface area contributed by atoms with E-state index in [1.165, 1.54) is 9.80 Å². The van der Waals surface area contributed by atoms with Gasteiger partial charge in [-0.3, -0.25) is 24.0 Å². The predicted molar refractivity (Wildman–Crippen MR) is 155 cm³/mol. The lowest BCUT2D eigenvalue weighted by atomic mass is 10.0. The number of imidazole rings is 1. The molecule has 12 nitrogen and oxygen atoms in total. The van der Waals surface area contributed by atoms with Crippen molar-refractivity contribution in [2.75, 3.05) is 19.6 Å². The molecule has 226 valence electrons. The monoisotopic (exact) mass is 579 g/mol. The molecule has 0 bridgehead atoms. The largest absolute Gasteiger partial charge is 0.349 e. The molecule has 1 aromatic heterocycles. The van der Waals surface area contributed by atoms with E-state index in [1.54, 1.807) is 30.8 Å². The Morgan fingerprint density at radius 3 is 2.45 bits per heavy atom. The summed E-state index contributed by atoms with van der Waals surface area (Å²) in [6.07, 6.45) is 4.79. The van der Waals surface area contributed by atoms with Crippen molar-refractivity contribution in [2.45, 2.75) is 77.7 Å². The molecule has 12 heteroatoms. The third-order valence-corrected chi connectivity index (χ3v) is 7.86. The summed E-state index contributed by atoms with van der Waals surface area (Å²) in [5.41, 5.74) is 0.939. The molecule has 0 unspecified atom stereocenters. The Hall–Kier alpha value is -4.22. The Labute approximate surface area is 246 Å². The molecule has 42 heavy (non-hydrogen) atoms.